The molecule has 4 aliphatic heterocycles. The second kappa shape index (κ2) is 18.5. The van der Waals surface area contributed by atoms with E-state index in [9.17, 15) is 84.0 Å². The lowest BCUT2D eigenvalue weighted by Gasteiger charge is -2.48. The molecule has 0 aromatic rings. The van der Waals surface area contributed by atoms with Gasteiger partial charge >= 0.3 is 12.1 Å². The molecule has 0 saturated carbocycles. The summed E-state index contributed by atoms with van der Waals surface area (Å²) < 4.78 is 77.5. The van der Waals surface area contributed by atoms with Gasteiger partial charge in [-0.05, 0) is 0 Å². The fourth-order valence-corrected chi connectivity index (χ4v) is 6.12. The number of carbonyl (C=O) groups is 2. The van der Waals surface area contributed by atoms with Crippen LogP contribution in [-0.2, 0) is 42.7 Å². The van der Waals surface area contributed by atoms with Crippen LogP contribution in [0.3, 0.4) is 0 Å². The molecule has 0 aromatic carbocycles. The molecular formula is C28H45F3N2O21. The topological polar surface area (TPSA) is 366 Å². The van der Waals surface area contributed by atoms with Gasteiger partial charge in [0.25, 0.3) is 0 Å². The summed E-state index contributed by atoms with van der Waals surface area (Å²) in [5.74, 6) is -3.34. The van der Waals surface area contributed by atoms with Crippen molar-refractivity contribution >= 4 is 11.8 Å². The number of aliphatic hydroxyl groups excluding tert-OH is 12. The summed E-state index contributed by atoms with van der Waals surface area (Å²) in [5.41, 5.74) is 0. The summed E-state index contributed by atoms with van der Waals surface area (Å²) >= 11 is 0. The fourth-order valence-electron chi connectivity index (χ4n) is 6.12. The van der Waals surface area contributed by atoms with Crippen molar-refractivity contribution in [3.8, 4) is 0 Å². The lowest BCUT2D eigenvalue weighted by atomic mass is 9.95. The van der Waals surface area contributed by atoms with Gasteiger partial charge in [-0.15, -0.1) is 0 Å². The molecule has 0 unspecified atom stereocenters. The summed E-state index contributed by atoms with van der Waals surface area (Å²) in [5, 5.41) is 127. The molecule has 2 amide bonds. The molecule has 4 saturated heterocycles. The number of ether oxygens (including phenoxy) is 7. The maximum absolute atomic E-state index is 13.1. The van der Waals surface area contributed by atoms with Gasteiger partial charge in [0.15, 0.2) is 25.2 Å². The number of nitrogens with one attached hydrogen (secondary N) is 2. The smallest absolute Gasteiger partial charge is 0.394 e. The molecule has 23 nitrogen and oxygen atoms in total. The van der Waals surface area contributed by atoms with Crippen LogP contribution in [0, 0.1) is 0 Å². The number of hydrogen-bond acceptors (Lipinski definition) is 21. The van der Waals surface area contributed by atoms with Crippen LogP contribution < -0.4 is 10.6 Å². The average Bonchev–Trinajstić information content (AvgIpc) is 3.11. The highest BCUT2D eigenvalue weighted by Gasteiger charge is 2.54. The van der Waals surface area contributed by atoms with E-state index in [1.807, 2.05) is 0 Å². The zero-order valence-corrected chi connectivity index (χ0v) is 28.1. The molecule has 0 radical (unpaired) electrons. The molecule has 20 atom stereocenters. The first-order valence-corrected chi connectivity index (χ1v) is 16.4. The second-order valence-electron chi connectivity index (χ2n) is 13.0. The first-order valence-electron chi connectivity index (χ1n) is 16.4. The molecule has 54 heavy (non-hydrogen) atoms. The minimum Gasteiger partial charge on any atom is -0.394 e. The number of aliphatic hydroxyl groups is 12. The molecule has 4 heterocycles. The molecule has 314 valence electrons. The van der Waals surface area contributed by atoms with Gasteiger partial charge < -0.3 is 105 Å². The van der Waals surface area contributed by atoms with Crippen molar-refractivity contribution < 1.29 is 117 Å². The van der Waals surface area contributed by atoms with Gasteiger partial charge in [-0.1, -0.05) is 0 Å². The lowest BCUT2D eigenvalue weighted by molar-refractivity contribution is -0.366. The number of amides is 2. The summed E-state index contributed by atoms with van der Waals surface area (Å²) in [6, 6.07) is -3.74. The monoisotopic (exact) mass is 802 g/mol. The fraction of sp³-hybridized carbons (Fsp3) is 0.929. The van der Waals surface area contributed by atoms with Crippen molar-refractivity contribution in [3.63, 3.8) is 0 Å². The Balaban J connectivity index is 1.59. The Morgan fingerprint density at radius 1 is 0.574 bits per heavy atom. The van der Waals surface area contributed by atoms with Crippen LogP contribution >= 0.6 is 0 Å². The maximum Gasteiger partial charge on any atom is 0.471 e. The minimum atomic E-state index is -5.47. The van der Waals surface area contributed by atoms with Gasteiger partial charge in [-0.25, -0.2) is 0 Å². The van der Waals surface area contributed by atoms with Crippen LogP contribution in [0.2, 0.25) is 0 Å². The second-order valence-corrected chi connectivity index (χ2v) is 13.0. The Morgan fingerprint density at radius 2 is 1.02 bits per heavy atom. The van der Waals surface area contributed by atoms with Crippen molar-refractivity contribution in [2.75, 3.05) is 26.4 Å². The largest absolute Gasteiger partial charge is 0.471 e. The van der Waals surface area contributed by atoms with E-state index in [1.165, 1.54) is 5.32 Å². The van der Waals surface area contributed by atoms with Gasteiger partial charge in [0.1, 0.15) is 97.5 Å². The average molecular weight is 803 g/mol. The molecule has 14 N–H and O–H groups in total. The van der Waals surface area contributed by atoms with E-state index in [0.29, 0.717) is 0 Å². The number of alkyl halides is 3. The zero-order valence-electron chi connectivity index (χ0n) is 28.1. The predicted octanol–water partition coefficient (Wildman–Crippen LogP) is -8.92. The highest BCUT2D eigenvalue weighted by atomic mass is 19.4. The van der Waals surface area contributed by atoms with Crippen molar-refractivity contribution in [2.24, 2.45) is 0 Å². The Morgan fingerprint density at radius 3 is 1.54 bits per heavy atom. The number of halogens is 3. The minimum absolute atomic E-state index is 0.769. The molecule has 26 heteroatoms. The van der Waals surface area contributed by atoms with Crippen LogP contribution in [0.4, 0.5) is 13.2 Å². The Bertz CT molecular complexity index is 1240. The van der Waals surface area contributed by atoms with Crippen molar-refractivity contribution in [1.29, 1.82) is 0 Å². The van der Waals surface area contributed by atoms with Crippen LogP contribution in [-0.4, -0.2) is 228 Å². The zero-order chi connectivity index (χ0) is 40.4. The number of rotatable bonds is 12. The van der Waals surface area contributed by atoms with Crippen molar-refractivity contribution in [1.82, 2.24) is 10.6 Å². The van der Waals surface area contributed by atoms with Crippen LogP contribution in [0.5, 0.6) is 0 Å². The van der Waals surface area contributed by atoms with Crippen molar-refractivity contribution in [2.45, 2.75) is 136 Å². The van der Waals surface area contributed by atoms with Gasteiger partial charge in [0, 0.05) is 6.92 Å². The summed E-state index contributed by atoms with van der Waals surface area (Å²) in [4.78, 5) is 23.6. The van der Waals surface area contributed by atoms with Gasteiger partial charge in [0.05, 0.1) is 26.4 Å². The Hall–Kier alpha value is -2.03. The van der Waals surface area contributed by atoms with E-state index >= 15 is 0 Å². The molecule has 0 bridgehead atoms. The number of carbonyl (C=O) groups excluding carboxylic acids is 2. The molecule has 0 aromatic heterocycles. The standard InChI is InChI=1S/C28H45F3N2O21/c1-6(36)32-12-18(42)14(38)8(3-35)52-25(12)54-22-20(44)16(40)10(53-26(22)49-4-9-15(39)19(43)21(45)23(46)50-9)5-48-24-11(33-27(47)28(29,30)31)17(41)13(37)7(2-34)51-24/h7-26,34-35,37-46H,2-5H2,1H3,(H,32,36)(H,33,47)/t7-,8-,9-,10-,11-,12-,13-,14-,15-,16-,17-,18-,19+,20+,21-,22+,23-,24-,25+,26+/m1/s1. The SMILES string of the molecule is CC(=O)N[C@H]1[C@H](O[C@@H]2[C@@H](OC[C@H]3O[C@@H](O)[C@H](O)[C@@H](O)[C@@H]3O)O[C@H](CO[C@@H]3O[C@H](CO)[C@@H](O)[C@H](O)[C@H]3NC(=O)C(F)(F)F)[C@@H](O)[C@@H]2O)O[C@H](CO)[C@@H](O)[C@@H]1O. The number of hydrogen-bond donors (Lipinski definition) is 14. The Labute approximate surface area is 302 Å². The highest BCUT2D eigenvalue weighted by Crippen LogP contribution is 2.32. The molecule has 4 rings (SSSR count). The van der Waals surface area contributed by atoms with E-state index < -0.39 is 167 Å². The van der Waals surface area contributed by atoms with E-state index in [2.05, 4.69) is 5.32 Å². The van der Waals surface area contributed by atoms with E-state index in [4.69, 9.17) is 33.2 Å². The van der Waals surface area contributed by atoms with Crippen LogP contribution in [0.25, 0.3) is 0 Å². The first kappa shape index (κ1) is 44.7. The molecular weight excluding hydrogens is 757 g/mol. The molecule has 0 aliphatic carbocycles. The van der Waals surface area contributed by atoms with Gasteiger partial charge in [0.2, 0.25) is 5.91 Å². The van der Waals surface area contributed by atoms with Gasteiger partial charge in [-0.2, -0.15) is 13.2 Å². The highest BCUT2D eigenvalue weighted by molar-refractivity contribution is 5.82. The van der Waals surface area contributed by atoms with Gasteiger partial charge in [-0.3, -0.25) is 9.59 Å². The Kier molecular flexibility index (Phi) is 15.3. The first-order chi connectivity index (χ1) is 25.2. The predicted molar refractivity (Wildman–Crippen MR) is 157 cm³/mol. The van der Waals surface area contributed by atoms with E-state index in [-0.39, 0.29) is 0 Å². The molecule has 0 spiro atoms. The molecule has 4 fully saturated rings. The van der Waals surface area contributed by atoms with E-state index in [1.54, 1.807) is 0 Å². The van der Waals surface area contributed by atoms with Crippen LogP contribution in [0.1, 0.15) is 6.92 Å². The van der Waals surface area contributed by atoms with Crippen LogP contribution in [0.15, 0.2) is 0 Å². The third-order valence-electron chi connectivity index (χ3n) is 9.16. The summed E-state index contributed by atoms with van der Waals surface area (Å²) in [6.45, 7) is -2.67. The third-order valence-corrected chi connectivity index (χ3v) is 9.16. The molecule has 4 aliphatic rings. The quantitative estimate of drug-likeness (QED) is 0.0871. The summed E-state index contributed by atoms with van der Waals surface area (Å²) in [6.07, 6.45) is -39.8. The summed E-state index contributed by atoms with van der Waals surface area (Å²) in [7, 11) is 0. The van der Waals surface area contributed by atoms with E-state index in [0.717, 1.165) is 6.92 Å². The normalized spacial score (nSPS) is 46.1. The maximum atomic E-state index is 13.1. The third kappa shape index (κ3) is 9.91. The lowest BCUT2D eigenvalue weighted by Crippen LogP contribution is -2.68. The van der Waals surface area contributed by atoms with Crippen molar-refractivity contribution in [3.05, 3.63) is 0 Å².